The summed E-state index contributed by atoms with van der Waals surface area (Å²) in [7, 11) is 0. The van der Waals surface area contributed by atoms with Gasteiger partial charge in [0.25, 0.3) is 0 Å². The van der Waals surface area contributed by atoms with Crippen LogP contribution < -0.4 is 0 Å². The van der Waals surface area contributed by atoms with Crippen LogP contribution in [0.15, 0.2) is 0 Å². The second kappa shape index (κ2) is 4.72. The molecule has 1 N–H and O–H groups in total. The first-order valence-electron chi connectivity index (χ1n) is 7.68. The minimum absolute atomic E-state index is 0.0435. The fourth-order valence-corrected chi connectivity index (χ4v) is 3.12. The molecule has 1 atom stereocenters. The fraction of sp³-hybridized carbons (Fsp3) is 0.867. The van der Waals surface area contributed by atoms with Crippen molar-refractivity contribution in [3.63, 3.8) is 0 Å². The first-order valence-corrected chi connectivity index (χ1v) is 7.68. The number of carbonyl (C=O) groups is 2. The minimum Gasteiger partial charge on any atom is -0.386 e. The lowest BCUT2D eigenvalue weighted by molar-refractivity contribution is -0.167. The van der Waals surface area contributed by atoms with Crippen molar-refractivity contribution in [1.29, 1.82) is 0 Å². The number of hydrogen-bond donors (Lipinski definition) is 1. The van der Waals surface area contributed by atoms with E-state index >= 15 is 0 Å². The van der Waals surface area contributed by atoms with Gasteiger partial charge in [0.2, 0.25) is 11.8 Å². The summed E-state index contributed by atoms with van der Waals surface area (Å²) in [6.45, 7) is 6.17. The summed E-state index contributed by atoms with van der Waals surface area (Å²) >= 11 is 0. The largest absolute Gasteiger partial charge is 0.386 e. The maximum Gasteiger partial charge on any atom is 0.228 e. The van der Waals surface area contributed by atoms with Gasteiger partial charge in [-0.3, -0.25) is 9.59 Å². The number of nitrogens with zero attached hydrogens (tertiary/aromatic N) is 2. The molecule has 2 saturated heterocycles. The number of β-amino-alcohol motifs (C(OH)–C–C–N with tert-alkyl or cyclic N) is 1. The number of rotatable bonds is 4. The van der Waals surface area contributed by atoms with Crippen molar-refractivity contribution < 1.29 is 14.7 Å². The van der Waals surface area contributed by atoms with Gasteiger partial charge in [-0.05, 0) is 24.7 Å². The third-order valence-electron chi connectivity index (χ3n) is 5.05. The lowest BCUT2D eigenvalue weighted by Gasteiger charge is -2.49. The minimum atomic E-state index is -0.730. The zero-order valence-corrected chi connectivity index (χ0v) is 12.3. The van der Waals surface area contributed by atoms with Gasteiger partial charge in [-0.2, -0.15) is 0 Å². The van der Waals surface area contributed by atoms with Crippen molar-refractivity contribution >= 4 is 11.8 Å². The van der Waals surface area contributed by atoms with E-state index in [0.29, 0.717) is 32.0 Å². The van der Waals surface area contributed by atoms with Crippen LogP contribution in [0.1, 0.15) is 33.1 Å². The first kappa shape index (κ1) is 13.9. The van der Waals surface area contributed by atoms with Gasteiger partial charge < -0.3 is 14.9 Å². The molecule has 0 radical (unpaired) electrons. The maximum absolute atomic E-state index is 12.4. The highest BCUT2D eigenvalue weighted by atomic mass is 16.3. The van der Waals surface area contributed by atoms with Gasteiger partial charge in [-0.25, -0.2) is 0 Å². The van der Waals surface area contributed by atoms with E-state index in [2.05, 4.69) is 0 Å². The molecule has 5 heteroatoms. The second-order valence-corrected chi connectivity index (χ2v) is 7.10. The van der Waals surface area contributed by atoms with Crippen LogP contribution in [0.4, 0.5) is 0 Å². The van der Waals surface area contributed by atoms with Crippen LogP contribution in [-0.4, -0.2) is 58.5 Å². The highest BCUT2D eigenvalue weighted by Crippen LogP contribution is 2.34. The predicted molar refractivity (Wildman–Crippen MR) is 73.8 cm³/mol. The fourth-order valence-electron chi connectivity index (χ4n) is 3.12. The van der Waals surface area contributed by atoms with Gasteiger partial charge >= 0.3 is 0 Å². The van der Waals surface area contributed by atoms with Gasteiger partial charge in [0, 0.05) is 19.5 Å². The molecular weight excluding hydrogens is 256 g/mol. The van der Waals surface area contributed by atoms with E-state index in [1.54, 1.807) is 4.90 Å². The van der Waals surface area contributed by atoms with Crippen LogP contribution in [0.2, 0.25) is 0 Å². The highest BCUT2D eigenvalue weighted by molar-refractivity contribution is 5.89. The van der Waals surface area contributed by atoms with E-state index in [1.807, 2.05) is 18.7 Å². The monoisotopic (exact) mass is 280 g/mol. The molecule has 0 aromatic rings. The van der Waals surface area contributed by atoms with Crippen molar-refractivity contribution in [2.75, 3.05) is 26.2 Å². The van der Waals surface area contributed by atoms with E-state index in [4.69, 9.17) is 0 Å². The highest BCUT2D eigenvalue weighted by Gasteiger charge is 2.48. The van der Waals surface area contributed by atoms with Crippen LogP contribution in [0.25, 0.3) is 0 Å². The molecule has 0 spiro atoms. The number of hydrogen-bond acceptors (Lipinski definition) is 3. The summed E-state index contributed by atoms with van der Waals surface area (Å²) in [6, 6.07) is 0. The average Bonchev–Trinajstić information content (AvgIpc) is 3.08. The molecule has 3 rings (SSSR count). The Morgan fingerprint density at radius 2 is 2.05 bits per heavy atom. The molecule has 1 saturated carbocycles. The standard InChI is InChI=1S/C15H24N2O3/c1-10(2)15(20)8-17(9-15)14(19)12-5-13(18)16(7-12)6-11-3-4-11/h10-12,20H,3-9H2,1-2H3. The molecule has 2 aliphatic heterocycles. The van der Waals surface area contributed by atoms with E-state index in [-0.39, 0.29) is 23.7 Å². The second-order valence-electron chi connectivity index (χ2n) is 7.10. The Labute approximate surface area is 119 Å². The summed E-state index contributed by atoms with van der Waals surface area (Å²) in [6.07, 6.45) is 2.79. The molecule has 0 aromatic carbocycles. The number of carbonyl (C=O) groups excluding carboxylic acids is 2. The quantitative estimate of drug-likeness (QED) is 0.814. The molecule has 3 fully saturated rings. The summed E-state index contributed by atoms with van der Waals surface area (Å²) in [5.41, 5.74) is -0.730. The molecule has 2 amide bonds. The Morgan fingerprint density at radius 1 is 1.40 bits per heavy atom. The van der Waals surface area contributed by atoms with Gasteiger partial charge in [0.15, 0.2) is 0 Å². The van der Waals surface area contributed by atoms with Crippen molar-refractivity contribution in [2.24, 2.45) is 17.8 Å². The van der Waals surface area contributed by atoms with Crippen molar-refractivity contribution in [3.05, 3.63) is 0 Å². The lowest BCUT2D eigenvalue weighted by atomic mass is 9.82. The molecular formula is C15H24N2O3. The zero-order chi connectivity index (χ0) is 14.5. The molecule has 5 nitrogen and oxygen atoms in total. The number of aliphatic hydroxyl groups is 1. The Kier molecular flexibility index (Phi) is 3.27. The Morgan fingerprint density at radius 3 is 2.60 bits per heavy atom. The van der Waals surface area contributed by atoms with Crippen LogP contribution >= 0.6 is 0 Å². The molecule has 112 valence electrons. The number of likely N-dealkylation sites (tertiary alicyclic amines) is 2. The van der Waals surface area contributed by atoms with E-state index < -0.39 is 5.60 Å². The van der Waals surface area contributed by atoms with Crippen LogP contribution in [0.3, 0.4) is 0 Å². The zero-order valence-electron chi connectivity index (χ0n) is 12.3. The van der Waals surface area contributed by atoms with E-state index in [0.717, 1.165) is 6.54 Å². The van der Waals surface area contributed by atoms with Gasteiger partial charge in [-0.1, -0.05) is 13.8 Å². The molecule has 0 bridgehead atoms. The summed E-state index contributed by atoms with van der Waals surface area (Å²) in [5.74, 6) is 0.792. The van der Waals surface area contributed by atoms with Crippen molar-refractivity contribution in [3.8, 4) is 0 Å². The Bertz CT molecular complexity index is 425. The van der Waals surface area contributed by atoms with Crippen LogP contribution in [0.5, 0.6) is 0 Å². The number of amides is 2. The van der Waals surface area contributed by atoms with Gasteiger partial charge in [0.05, 0.1) is 19.0 Å². The normalized spacial score (nSPS) is 29.0. The Hall–Kier alpha value is -1.10. The first-order chi connectivity index (χ1) is 9.39. The third-order valence-corrected chi connectivity index (χ3v) is 5.05. The molecule has 1 aliphatic carbocycles. The molecule has 0 aromatic heterocycles. The van der Waals surface area contributed by atoms with Gasteiger partial charge in [-0.15, -0.1) is 0 Å². The molecule has 1 unspecified atom stereocenters. The van der Waals surface area contributed by atoms with Crippen molar-refractivity contribution in [2.45, 2.75) is 38.7 Å². The topological polar surface area (TPSA) is 60.9 Å². The van der Waals surface area contributed by atoms with Crippen molar-refractivity contribution in [1.82, 2.24) is 9.80 Å². The SMILES string of the molecule is CC(C)C1(O)CN(C(=O)C2CC(=O)N(CC3CC3)C2)C1. The summed E-state index contributed by atoms with van der Waals surface area (Å²) in [5, 5.41) is 10.2. The molecule has 3 aliphatic rings. The molecule has 20 heavy (non-hydrogen) atoms. The lowest BCUT2D eigenvalue weighted by Crippen LogP contribution is -2.66. The van der Waals surface area contributed by atoms with E-state index in [9.17, 15) is 14.7 Å². The summed E-state index contributed by atoms with van der Waals surface area (Å²) in [4.78, 5) is 27.9. The predicted octanol–water partition coefficient (Wildman–Crippen LogP) is 0.474. The smallest absolute Gasteiger partial charge is 0.228 e. The summed E-state index contributed by atoms with van der Waals surface area (Å²) < 4.78 is 0. The molecule has 2 heterocycles. The Balaban J connectivity index is 1.53. The maximum atomic E-state index is 12.4. The van der Waals surface area contributed by atoms with Crippen LogP contribution in [-0.2, 0) is 9.59 Å². The van der Waals surface area contributed by atoms with Gasteiger partial charge in [0.1, 0.15) is 5.60 Å². The van der Waals surface area contributed by atoms with E-state index in [1.165, 1.54) is 12.8 Å². The average molecular weight is 280 g/mol. The third kappa shape index (κ3) is 2.43. The van der Waals surface area contributed by atoms with Crippen LogP contribution in [0, 0.1) is 17.8 Å².